The maximum atomic E-state index is 12.1. The average molecular weight is 256 g/mol. The van der Waals surface area contributed by atoms with Crippen LogP contribution in [-0.4, -0.2) is 25.8 Å². The Kier molecular flexibility index (Phi) is 4.54. The number of benzene rings is 1. The molecule has 1 aromatic rings. The summed E-state index contributed by atoms with van der Waals surface area (Å²) in [6.45, 7) is 3.88. The molecular formula is C12H20N2O2S. The number of sulfonamides is 1. The van der Waals surface area contributed by atoms with Gasteiger partial charge in [-0.1, -0.05) is 19.1 Å². The number of nitrogens with two attached hydrogens (primary N) is 1. The van der Waals surface area contributed by atoms with Gasteiger partial charge in [0.2, 0.25) is 10.0 Å². The fraction of sp³-hybridized carbons (Fsp3) is 0.500. The van der Waals surface area contributed by atoms with E-state index in [-0.39, 0.29) is 11.8 Å². The highest BCUT2D eigenvalue weighted by Crippen LogP contribution is 2.14. The minimum Gasteiger partial charge on any atom is -0.399 e. The fourth-order valence-corrected chi connectivity index (χ4v) is 2.97. The second kappa shape index (κ2) is 5.51. The molecule has 1 atom stereocenters. The molecule has 0 saturated carbocycles. The Morgan fingerprint density at radius 1 is 1.29 bits per heavy atom. The molecule has 0 amide bonds. The van der Waals surface area contributed by atoms with E-state index in [4.69, 9.17) is 5.73 Å². The van der Waals surface area contributed by atoms with Crippen LogP contribution in [0.1, 0.15) is 25.8 Å². The van der Waals surface area contributed by atoms with Gasteiger partial charge in [0.05, 0.1) is 5.75 Å². The van der Waals surface area contributed by atoms with E-state index in [2.05, 4.69) is 0 Å². The van der Waals surface area contributed by atoms with E-state index in [1.807, 2.05) is 13.8 Å². The average Bonchev–Trinajstić information content (AvgIpc) is 2.30. The zero-order chi connectivity index (χ0) is 13.1. The van der Waals surface area contributed by atoms with E-state index in [0.29, 0.717) is 5.69 Å². The van der Waals surface area contributed by atoms with Gasteiger partial charge in [-0.15, -0.1) is 0 Å². The summed E-state index contributed by atoms with van der Waals surface area (Å²) >= 11 is 0. The molecule has 0 heterocycles. The zero-order valence-corrected chi connectivity index (χ0v) is 11.4. The van der Waals surface area contributed by atoms with Crippen LogP contribution in [-0.2, 0) is 15.8 Å². The molecule has 4 nitrogen and oxygen atoms in total. The van der Waals surface area contributed by atoms with Crippen molar-refractivity contribution in [2.24, 2.45) is 0 Å². The largest absolute Gasteiger partial charge is 0.399 e. The highest BCUT2D eigenvalue weighted by atomic mass is 32.2. The molecule has 2 N–H and O–H groups in total. The third kappa shape index (κ3) is 3.71. The summed E-state index contributed by atoms with van der Waals surface area (Å²) in [7, 11) is -1.62. The zero-order valence-electron chi connectivity index (χ0n) is 10.6. The maximum Gasteiger partial charge on any atom is 0.218 e. The van der Waals surface area contributed by atoms with Crippen LogP contribution >= 0.6 is 0 Å². The Hall–Kier alpha value is -1.07. The number of nitrogen functional groups attached to an aromatic ring is 1. The lowest BCUT2D eigenvalue weighted by molar-refractivity contribution is 0.380. The molecule has 1 unspecified atom stereocenters. The second-order valence-corrected chi connectivity index (χ2v) is 6.30. The molecule has 0 aliphatic heterocycles. The minimum atomic E-state index is -3.25. The van der Waals surface area contributed by atoms with E-state index in [1.54, 1.807) is 31.3 Å². The number of rotatable bonds is 5. The number of anilines is 1. The van der Waals surface area contributed by atoms with Crippen molar-refractivity contribution in [1.29, 1.82) is 0 Å². The van der Waals surface area contributed by atoms with Gasteiger partial charge < -0.3 is 5.73 Å². The lowest BCUT2D eigenvalue weighted by atomic mass is 10.2. The molecule has 0 spiro atoms. The van der Waals surface area contributed by atoms with E-state index >= 15 is 0 Å². The van der Waals surface area contributed by atoms with Crippen molar-refractivity contribution in [3.63, 3.8) is 0 Å². The first-order valence-electron chi connectivity index (χ1n) is 5.67. The van der Waals surface area contributed by atoms with Crippen molar-refractivity contribution in [3.8, 4) is 0 Å². The molecule has 1 aromatic carbocycles. The lowest BCUT2D eigenvalue weighted by Crippen LogP contribution is -2.35. The van der Waals surface area contributed by atoms with Gasteiger partial charge in [-0.25, -0.2) is 12.7 Å². The summed E-state index contributed by atoms with van der Waals surface area (Å²) in [6, 6.07) is 6.95. The van der Waals surface area contributed by atoms with E-state index < -0.39 is 10.0 Å². The predicted molar refractivity (Wildman–Crippen MR) is 71.0 cm³/mol. The van der Waals surface area contributed by atoms with Gasteiger partial charge in [-0.05, 0) is 31.0 Å². The Bertz CT molecular complexity index is 454. The smallest absolute Gasteiger partial charge is 0.218 e. The molecule has 0 aromatic heterocycles. The molecule has 1 rings (SSSR count). The highest BCUT2D eigenvalue weighted by molar-refractivity contribution is 7.88. The van der Waals surface area contributed by atoms with Crippen LogP contribution < -0.4 is 5.73 Å². The fourth-order valence-electron chi connectivity index (χ4n) is 1.46. The summed E-state index contributed by atoms with van der Waals surface area (Å²) in [5.41, 5.74) is 6.96. The molecule has 0 aliphatic rings. The Labute approximate surface area is 103 Å². The molecule has 0 saturated heterocycles. The monoisotopic (exact) mass is 256 g/mol. The van der Waals surface area contributed by atoms with Gasteiger partial charge in [-0.3, -0.25) is 0 Å². The first-order valence-corrected chi connectivity index (χ1v) is 7.28. The lowest BCUT2D eigenvalue weighted by Gasteiger charge is -2.23. The van der Waals surface area contributed by atoms with Gasteiger partial charge in [-0.2, -0.15) is 0 Å². The van der Waals surface area contributed by atoms with E-state index in [0.717, 1.165) is 12.0 Å². The molecule has 96 valence electrons. The van der Waals surface area contributed by atoms with Crippen LogP contribution in [0, 0.1) is 0 Å². The molecule has 0 bridgehead atoms. The van der Waals surface area contributed by atoms with E-state index in [1.165, 1.54) is 4.31 Å². The third-order valence-corrected chi connectivity index (χ3v) is 4.91. The van der Waals surface area contributed by atoms with E-state index in [9.17, 15) is 8.42 Å². The van der Waals surface area contributed by atoms with Gasteiger partial charge in [0.15, 0.2) is 0 Å². The van der Waals surface area contributed by atoms with Gasteiger partial charge in [0, 0.05) is 18.8 Å². The normalized spacial score (nSPS) is 13.9. The summed E-state index contributed by atoms with van der Waals surface area (Å²) in [4.78, 5) is 0. The highest BCUT2D eigenvalue weighted by Gasteiger charge is 2.22. The molecule has 0 radical (unpaired) electrons. The summed E-state index contributed by atoms with van der Waals surface area (Å²) in [5, 5.41) is 0. The predicted octanol–water partition coefficient (Wildman–Crippen LogP) is 1.83. The first-order chi connectivity index (χ1) is 7.86. The number of hydrogen-bond acceptors (Lipinski definition) is 3. The van der Waals surface area contributed by atoms with Gasteiger partial charge in [0.25, 0.3) is 0 Å². The van der Waals surface area contributed by atoms with Gasteiger partial charge >= 0.3 is 0 Å². The molecule has 17 heavy (non-hydrogen) atoms. The van der Waals surface area contributed by atoms with Gasteiger partial charge in [0.1, 0.15) is 0 Å². The van der Waals surface area contributed by atoms with Crippen LogP contribution in [0.15, 0.2) is 24.3 Å². The third-order valence-electron chi connectivity index (χ3n) is 2.98. The standard InChI is InChI=1S/C12H20N2O2S/c1-4-10(2)14(3)17(15,16)9-11-5-7-12(13)8-6-11/h5-8,10H,4,9,13H2,1-3H3. The van der Waals surface area contributed by atoms with Crippen molar-refractivity contribution in [2.75, 3.05) is 12.8 Å². The number of hydrogen-bond donors (Lipinski definition) is 1. The first kappa shape index (κ1) is 14.0. The van der Waals surface area contributed by atoms with Crippen LogP contribution in [0.4, 0.5) is 5.69 Å². The Balaban J connectivity index is 2.83. The summed E-state index contributed by atoms with van der Waals surface area (Å²) < 4.78 is 25.6. The van der Waals surface area contributed by atoms with Crippen LogP contribution in [0.25, 0.3) is 0 Å². The molecule has 5 heteroatoms. The van der Waals surface area contributed by atoms with Crippen LogP contribution in [0.5, 0.6) is 0 Å². The van der Waals surface area contributed by atoms with Crippen molar-refractivity contribution in [2.45, 2.75) is 32.1 Å². The SMILES string of the molecule is CCC(C)N(C)S(=O)(=O)Cc1ccc(N)cc1. The van der Waals surface area contributed by atoms with Crippen molar-refractivity contribution in [1.82, 2.24) is 4.31 Å². The summed E-state index contributed by atoms with van der Waals surface area (Å²) in [6.07, 6.45) is 0.803. The van der Waals surface area contributed by atoms with Crippen LogP contribution in [0.2, 0.25) is 0 Å². The Morgan fingerprint density at radius 3 is 2.29 bits per heavy atom. The maximum absolute atomic E-state index is 12.1. The number of nitrogens with zero attached hydrogens (tertiary/aromatic N) is 1. The molecule has 0 fully saturated rings. The second-order valence-electron chi connectivity index (χ2n) is 4.27. The summed E-state index contributed by atoms with van der Waals surface area (Å²) in [5.74, 6) is 0.0219. The Morgan fingerprint density at radius 2 is 1.82 bits per heavy atom. The van der Waals surface area contributed by atoms with Crippen molar-refractivity contribution < 1.29 is 8.42 Å². The quantitative estimate of drug-likeness (QED) is 0.817. The molecular weight excluding hydrogens is 236 g/mol. The van der Waals surface area contributed by atoms with Crippen molar-refractivity contribution >= 4 is 15.7 Å². The molecule has 0 aliphatic carbocycles. The van der Waals surface area contributed by atoms with Crippen molar-refractivity contribution in [3.05, 3.63) is 29.8 Å². The van der Waals surface area contributed by atoms with Crippen LogP contribution in [0.3, 0.4) is 0 Å². The minimum absolute atomic E-state index is 0.0219. The topological polar surface area (TPSA) is 63.4 Å².